The van der Waals surface area contributed by atoms with Crippen LogP contribution in [0.5, 0.6) is 0 Å². The van der Waals surface area contributed by atoms with Crippen LogP contribution in [0.1, 0.15) is 13.8 Å². The highest BCUT2D eigenvalue weighted by molar-refractivity contribution is 8.00. The number of hydrogen-bond donors (Lipinski definition) is 0. The number of rotatable bonds is 8. The fourth-order valence-corrected chi connectivity index (χ4v) is 6.54. The van der Waals surface area contributed by atoms with Crippen molar-refractivity contribution in [2.75, 3.05) is 37.7 Å². The van der Waals surface area contributed by atoms with Crippen molar-refractivity contribution in [3.05, 3.63) is 48.5 Å². The Hall–Kier alpha value is -2.98. The number of aryl methyl sites for hydroxylation is 2. The molecule has 1 saturated heterocycles. The van der Waals surface area contributed by atoms with Gasteiger partial charge in [-0.25, -0.2) is 9.97 Å². The average molecular weight is 523 g/mol. The Morgan fingerprint density at radius 2 is 1.08 bits per heavy atom. The summed E-state index contributed by atoms with van der Waals surface area (Å²) in [6, 6.07) is 16.1. The smallest absolute Gasteiger partial charge is 0.233 e. The van der Waals surface area contributed by atoms with E-state index in [0.29, 0.717) is 37.7 Å². The van der Waals surface area contributed by atoms with Crippen LogP contribution in [-0.2, 0) is 22.7 Å². The number of para-hydroxylation sites is 4. The first kappa shape index (κ1) is 24.7. The number of fused-ring (bicyclic) bond motifs is 2. The zero-order chi connectivity index (χ0) is 25.1. The molecule has 10 heteroatoms. The van der Waals surface area contributed by atoms with E-state index < -0.39 is 0 Å². The Balaban J connectivity index is 1.12. The van der Waals surface area contributed by atoms with Gasteiger partial charge in [0.05, 0.1) is 33.6 Å². The molecule has 4 aromatic rings. The van der Waals surface area contributed by atoms with Crippen molar-refractivity contribution in [1.29, 1.82) is 0 Å². The van der Waals surface area contributed by atoms with Gasteiger partial charge < -0.3 is 18.9 Å². The van der Waals surface area contributed by atoms with Crippen LogP contribution in [0.3, 0.4) is 0 Å². The molecular formula is C26H30N6O2S2. The molecule has 0 aliphatic carbocycles. The highest BCUT2D eigenvalue weighted by Gasteiger charge is 2.25. The summed E-state index contributed by atoms with van der Waals surface area (Å²) in [6.45, 7) is 8.05. The first-order valence-electron chi connectivity index (χ1n) is 12.3. The average Bonchev–Trinajstić information content (AvgIpc) is 3.47. The third-order valence-electron chi connectivity index (χ3n) is 6.51. The number of thioether (sulfide) groups is 2. The largest absolute Gasteiger partial charge is 0.338 e. The molecule has 2 aromatic heterocycles. The van der Waals surface area contributed by atoms with Crippen molar-refractivity contribution in [1.82, 2.24) is 28.9 Å². The Morgan fingerprint density at radius 3 is 1.47 bits per heavy atom. The highest BCUT2D eigenvalue weighted by atomic mass is 32.2. The van der Waals surface area contributed by atoms with Crippen molar-refractivity contribution in [3.8, 4) is 0 Å². The fraction of sp³-hybridized carbons (Fsp3) is 0.385. The van der Waals surface area contributed by atoms with E-state index in [9.17, 15) is 9.59 Å². The summed E-state index contributed by atoms with van der Waals surface area (Å²) in [4.78, 5) is 38.9. The molecule has 1 aliphatic rings. The molecule has 2 amide bonds. The molecule has 0 spiro atoms. The van der Waals surface area contributed by atoms with Crippen LogP contribution in [0.2, 0.25) is 0 Å². The lowest BCUT2D eigenvalue weighted by Crippen LogP contribution is -2.51. The molecule has 3 heterocycles. The molecule has 2 aromatic carbocycles. The number of amides is 2. The standard InChI is InChI=1S/C26H30N6O2S2/c1-3-31-21-11-7-5-9-19(21)27-25(31)35-17-23(33)29-13-15-30(16-14-29)24(34)18-36-26-28-20-10-6-8-12-22(20)32(26)4-2/h5-12H,3-4,13-18H2,1-2H3. The van der Waals surface area contributed by atoms with Crippen LogP contribution in [0.4, 0.5) is 0 Å². The van der Waals surface area contributed by atoms with E-state index in [2.05, 4.69) is 35.1 Å². The predicted octanol–water partition coefficient (Wildman–Crippen LogP) is 3.98. The maximum atomic E-state index is 12.9. The van der Waals surface area contributed by atoms with Crippen LogP contribution >= 0.6 is 23.5 Å². The number of nitrogens with zero attached hydrogens (tertiary/aromatic N) is 6. The van der Waals surface area contributed by atoms with E-state index in [4.69, 9.17) is 9.97 Å². The molecule has 0 bridgehead atoms. The van der Waals surface area contributed by atoms with E-state index in [1.165, 1.54) is 23.5 Å². The predicted molar refractivity (Wildman–Crippen MR) is 145 cm³/mol. The number of hydrogen-bond acceptors (Lipinski definition) is 6. The lowest BCUT2D eigenvalue weighted by Gasteiger charge is -2.34. The molecule has 0 unspecified atom stereocenters. The fourth-order valence-electron chi connectivity index (χ4n) is 4.58. The van der Waals surface area contributed by atoms with E-state index >= 15 is 0 Å². The van der Waals surface area contributed by atoms with E-state index in [0.717, 1.165) is 45.5 Å². The molecule has 0 N–H and O–H groups in total. The van der Waals surface area contributed by atoms with Gasteiger partial charge in [-0.15, -0.1) is 0 Å². The number of imidazole rings is 2. The van der Waals surface area contributed by atoms with Gasteiger partial charge in [-0.05, 0) is 38.1 Å². The first-order valence-corrected chi connectivity index (χ1v) is 14.3. The third kappa shape index (κ3) is 4.97. The van der Waals surface area contributed by atoms with Gasteiger partial charge >= 0.3 is 0 Å². The van der Waals surface area contributed by atoms with Crippen LogP contribution < -0.4 is 0 Å². The summed E-state index contributed by atoms with van der Waals surface area (Å²) >= 11 is 2.97. The van der Waals surface area contributed by atoms with Crippen LogP contribution in [0, 0.1) is 0 Å². The molecule has 36 heavy (non-hydrogen) atoms. The van der Waals surface area contributed by atoms with Crippen LogP contribution in [-0.4, -0.2) is 78.4 Å². The Morgan fingerprint density at radius 1 is 0.694 bits per heavy atom. The third-order valence-corrected chi connectivity index (χ3v) is 8.43. The summed E-state index contributed by atoms with van der Waals surface area (Å²) in [6.07, 6.45) is 0. The Labute approximate surface area is 219 Å². The second-order valence-electron chi connectivity index (χ2n) is 8.59. The van der Waals surface area contributed by atoms with Crippen molar-refractivity contribution >= 4 is 57.4 Å². The normalized spacial score (nSPS) is 14.2. The number of piperazine rings is 1. The first-order chi connectivity index (χ1) is 17.6. The van der Waals surface area contributed by atoms with Gasteiger partial charge in [-0.2, -0.15) is 0 Å². The molecule has 188 valence electrons. The second kappa shape index (κ2) is 11.0. The van der Waals surface area contributed by atoms with E-state index in [1.807, 2.05) is 46.2 Å². The van der Waals surface area contributed by atoms with Crippen molar-refractivity contribution < 1.29 is 9.59 Å². The summed E-state index contributed by atoms with van der Waals surface area (Å²) < 4.78 is 4.29. The zero-order valence-electron chi connectivity index (χ0n) is 20.6. The number of carbonyl (C=O) groups excluding carboxylic acids is 2. The zero-order valence-corrected chi connectivity index (χ0v) is 22.2. The Bertz CT molecular complexity index is 1280. The Kier molecular flexibility index (Phi) is 7.52. The quantitative estimate of drug-likeness (QED) is 0.326. The number of aromatic nitrogens is 4. The van der Waals surface area contributed by atoms with E-state index in [1.54, 1.807) is 0 Å². The monoisotopic (exact) mass is 522 g/mol. The van der Waals surface area contributed by atoms with Gasteiger partial charge in [0.1, 0.15) is 0 Å². The lowest BCUT2D eigenvalue weighted by atomic mass is 10.3. The van der Waals surface area contributed by atoms with Gasteiger partial charge in [-0.1, -0.05) is 47.8 Å². The van der Waals surface area contributed by atoms with E-state index in [-0.39, 0.29) is 11.8 Å². The number of benzene rings is 2. The molecule has 1 fully saturated rings. The van der Waals surface area contributed by atoms with Crippen LogP contribution in [0.25, 0.3) is 22.1 Å². The SMILES string of the molecule is CCn1c(SCC(=O)N2CCN(C(=O)CSc3nc4ccccc4n3CC)CC2)nc2ccccc21. The summed E-state index contributed by atoms with van der Waals surface area (Å²) in [5.74, 6) is 0.876. The van der Waals surface area contributed by atoms with Gasteiger partial charge in [0.25, 0.3) is 0 Å². The maximum absolute atomic E-state index is 12.9. The number of carbonyl (C=O) groups is 2. The maximum Gasteiger partial charge on any atom is 0.233 e. The molecule has 5 rings (SSSR count). The van der Waals surface area contributed by atoms with Crippen LogP contribution in [0.15, 0.2) is 58.8 Å². The van der Waals surface area contributed by atoms with Crippen molar-refractivity contribution in [3.63, 3.8) is 0 Å². The molecule has 8 nitrogen and oxygen atoms in total. The highest BCUT2D eigenvalue weighted by Crippen LogP contribution is 2.26. The topological polar surface area (TPSA) is 76.3 Å². The van der Waals surface area contributed by atoms with Gasteiger partial charge in [0, 0.05) is 39.3 Å². The summed E-state index contributed by atoms with van der Waals surface area (Å²) in [7, 11) is 0. The lowest BCUT2D eigenvalue weighted by molar-refractivity contribution is -0.136. The summed E-state index contributed by atoms with van der Waals surface area (Å²) in [5, 5.41) is 1.74. The molecule has 1 aliphatic heterocycles. The molecule has 0 radical (unpaired) electrons. The van der Waals surface area contributed by atoms with Crippen molar-refractivity contribution in [2.24, 2.45) is 0 Å². The molecule has 0 atom stereocenters. The van der Waals surface area contributed by atoms with Gasteiger partial charge in [0.15, 0.2) is 10.3 Å². The minimum absolute atomic E-state index is 0.0906. The minimum Gasteiger partial charge on any atom is -0.338 e. The van der Waals surface area contributed by atoms with Gasteiger partial charge in [-0.3, -0.25) is 9.59 Å². The second-order valence-corrected chi connectivity index (χ2v) is 10.5. The van der Waals surface area contributed by atoms with Crippen molar-refractivity contribution in [2.45, 2.75) is 37.2 Å². The minimum atomic E-state index is 0.0906. The summed E-state index contributed by atoms with van der Waals surface area (Å²) in [5.41, 5.74) is 4.09. The molecule has 0 saturated carbocycles. The molecular weight excluding hydrogens is 492 g/mol. The van der Waals surface area contributed by atoms with Gasteiger partial charge in [0.2, 0.25) is 11.8 Å².